The van der Waals surface area contributed by atoms with Crippen molar-refractivity contribution in [3.63, 3.8) is 0 Å². The molecule has 4 N–H and O–H groups in total. The molecular formula is C32H49N5O4. The van der Waals surface area contributed by atoms with Crippen LogP contribution in [0.25, 0.3) is 0 Å². The molecule has 0 saturated carbocycles. The highest BCUT2D eigenvalue weighted by atomic mass is 16.5. The van der Waals surface area contributed by atoms with E-state index in [0.717, 1.165) is 45.1 Å². The maximum Gasteiger partial charge on any atom is 0.272 e. The molecule has 4 rings (SSSR count). The fourth-order valence-electron chi connectivity index (χ4n) is 5.98. The number of allylic oxidation sites excluding steroid dienone is 1. The highest BCUT2D eigenvalue weighted by Crippen LogP contribution is 2.31. The number of amidine groups is 1. The number of carbonyl (C=O) groups excluding carboxylic acids is 1. The molecule has 1 amide bonds. The molecule has 0 radical (unpaired) electrons. The number of carbonyl (C=O) groups is 1. The molecule has 0 unspecified atom stereocenters. The first-order chi connectivity index (χ1) is 19.7. The summed E-state index contributed by atoms with van der Waals surface area (Å²) in [6, 6.07) is 9.16. The number of piperidine rings is 1. The minimum Gasteiger partial charge on any atom is -0.387 e. The Morgan fingerprint density at radius 1 is 1.20 bits per heavy atom. The minimum atomic E-state index is -0.108. The van der Waals surface area contributed by atoms with Gasteiger partial charge in [0.25, 0.3) is 5.91 Å². The summed E-state index contributed by atoms with van der Waals surface area (Å²) >= 11 is 0. The van der Waals surface area contributed by atoms with Gasteiger partial charge in [0.2, 0.25) is 0 Å². The van der Waals surface area contributed by atoms with Gasteiger partial charge < -0.3 is 35.5 Å². The molecule has 3 aliphatic rings. The fourth-order valence-corrected chi connectivity index (χ4v) is 5.98. The average molecular weight is 568 g/mol. The first-order valence-electron chi connectivity index (χ1n) is 15.1. The Morgan fingerprint density at radius 3 is 2.68 bits per heavy atom. The molecule has 0 aliphatic carbocycles. The second-order valence-electron chi connectivity index (χ2n) is 11.7. The van der Waals surface area contributed by atoms with Crippen LogP contribution in [0.3, 0.4) is 0 Å². The van der Waals surface area contributed by atoms with Crippen molar-refractivity contribution in [1.29, 1.82) is 0 Å². The number of hydrogen-bond donors (Lipinski definition) is 3. The summed E-state index contributed by atoms with van der Waals surface area (Å²) in [4.78, 5) is 20.0. The number of hydrogen-bond acceptors (Lipinski definition) is 7. The predicted molar refractivity (Wildman–Crippen MR) is 163 cm³/mol. The third-order valence-corrected chi connectivity index (χ3v) is 8.44. The van der Waals surface area contributed by atoms with Crippen molar-refractivity contribution >= 4 is 11.7 Å². The van der Waals surface area contributed by atoms with E-state index in [1.807, 2.05) is 11.8 Å². The summed E-state index contributed by atoms with van der Waals surface area (Å²) < 4.78 is 17.6. The lowest BCUT2D eigenvalue weighted by Crippen LogP contribution is -2.54. The van der Waals surface area contributed by atoms with Crippen molar-refractivity contribution in [3.05, 3.63) is 58.9 Å². The van der Waals surface area contributed by atoms with Crippen molar-refractivity contribution in [2.24, 2.45) is 10.7 Å². The summed E-state index contributed by atoms with van der Waals surface area (Å²) in [5.41, 5.74) is 10.2. The number of rotatable bonds is 10. The molecule has 0 aromatic heterocycles. The van der Waals surface area contributed by atoms with E-state index in [1.165, 1.54) is 11.1 Å². The number of benzene rings is 1. The number of nitrogens with one attached hydrogen (secondary N) is 2. The van der Waals surface area contributed by atoms with Gasteiger partial charge in [-0.15, -0.1) is 0 Å². The molecule has 1 aromatic rings. The van der Waals surface area contributed by atoms with E-state index in [2.05, 4.69) is 53.4 Å². The van der Waals surface area contributed by atoms with Crippen LogP contribution in [0.1, 0.15) is 69.6 Å². The van der Waals surface area contributed by atoms with Crippen LogP contribution in [-0.4, -0.2) is 80.9 Å². The Bertz CT molecular complexity index is 1110. The van der Waals surface area contributed by atoms with Crippen molar-refractivity contribution in [2.45, 2.75) is 89.7 Å². The van der Waals surface area contributed by atoms with Crippen molar-refractivity contribution in [2.75, 3.05) is 40.0 Å². The van der Waals surface area contributed by atoms with Crippen LogP contribution in [-0.2, 0) is 19.0 Å². The number of aryl methyl sites for hydroxylation is 1. The Morgan fingerprint density at radius 2 is 1.98 bits per heavy atom. The highest BCUT2D eigenvalue weighted by molar-refractivity contribution is 5.97. The number of amides is 1. The van der Waals surface area contributed by atoms with Gasteiger partial charge in [-0.3, -0.25) is 4.79 Å². The van der Waals surface area contributed by atoms with Gasteiger partial charge in [-0.05, 0) is 64.9 Å². The van der Waals surface area contributed by atoms with Gasteiger partial charge in [0, 0.05) is 56.7 Å². The summed E-state index contributed by atoms with van der Waals surface area (Å²) in [6.45, 7) is 13.2. The summed E-state index contributed by atoms with van der Waals surface area (Å²) in [5.74, 6) is 0.238. The third kappa shape index (κ3) is 8.64. The fraction of sp³-hybridized carbons (Fsp3) is 0.625. The SMILES string of the molecule is C=C(NC[C@@H]1CCC[C@H](c2cccc(C)c2)O1)/C(C)=C(\N=C(\C)N)C(=O)N1CCC(N[C@H]2CCOC[C@H]2OC)CC1. The summed E-state index contributed by atoms with van der Waals surface area (Å²) in [7, 11) is 1.73. The van der Waals surface area contributed by atoms with Gasteiger partial charge >= 0.3 is 0 Å². The second kappa shape index (κ2) is 15.0. The van der Waals surface area contributed by atoms with E-state index in [1.54, 1.807) is 14.0 Å². The quantitative estimate of drug-likeness (QED) is 0.171. The van der Waals surface area contributed by atoms with E-state index in [4.69, 9.17) is 19.9 Å². The molecular weight excluding hydrogens is 518 g/mol. The predicted octanol–water partition coefficient (Wildman–Crippen LogP) is 3.74. The molecule has 4 atom stereocenters. The monoisotopic (exact) mass is 567 g/mol. The first-order valence-corrected chi connectivity index (χ1v) is 15.1. The van der Waals surface area contributed by atoms with E-state index >= 15 is 0 Å². The van der Waals surface area contributed by atoms with E-state index < -0.39 is 0 Å². The zero-order valence-corrected chi connectivity index (χ0v) is 25.3. The molecule has 9 heteroatoms. The van der Waals surface area contributed by atoms with E-state index in [-0.39, 0.29) is 30.3 Å². The number of likely N-dealkylation sites (tertiary alicyclic amines) is 1. The molecule has 9 nitrogen and oxygen atoms in total. The molecule has 3 heterocycles. The largest absolute Gasteiger partial charge is 0.387 e. The Kier molecular flexibility index (Phi) is 11.4. The van der Waals surface area contributed by atoms with Gasteiger partial charge in [-0.25, -0.2) is 4.99 Å². The normalized spacial score (nSPS) is 26.8. The number of nitrogens with two attached hydrogens (primary N) is 1. The number of nitrogens with zero attached hydrogens (tertiary/aromatic N) is 2. The molecule has 0 spiro atoms. The van der Waals surface area contributed by atoms with Gasteiger partial charge in [0.15, 0.2) is 0 Å². The standard InChI is InChI=1S/C32H49N5O4/c1-21-8-6-9-25(18-21)29-11-7-10-27(41-29)19-34-23(3)22(2)31(35-24(4)33)32(38)37-15-12-26(13-16-37)36-28-14-17-40-20-30(28)39-5/h6,8-9,18,26-30,34,36H,3,7,10-17,19-20H2,1-2,4-5H3,(H2,33,35)/b31-22-/t27-,28-,29+,30+/m0/s1. The van der Waals surface area contributed by atoms with Crippen molar-refractivity contribution in [1.82, 2.24) is 15.5 Å². The molecule has 226 valence electrons. The van der Waals surface area contributed by atoms with Crippen molar-refractivity contribution < 1.29 is 19.0 Å². The summed E-state index contributed by atoms with van der Waals surface area (Å²) in [6.07, 6.45) is 6.03. The van der Waals surface area contributed by atoms with Crippen LogP contribution < -0.4 is 16.4 Å². The van der Waals surface area contributed by atoms with Crippen LogP contribution in [0.4, 0.5) is 0 Å². The van der Waals surface area contributed by atoms with E-state index in [0.29, 0.717) is 55.1 Å². The second-order valence-corrected chi connectivity index (χ2v) is 11.7. The molecule has 1 aromatic carbocycles. The molecule has 41 heavy (non-hydrogen) atoms. The van der Waals surface area contributed by atoms with Crippen LogP contribution in [0.2, 0.25) is 0 Å². The van der Waals surface area contributed by atoms with Gasteiger partial charge in [-0.1, -0.05) is 36.4 Å². The Hall–Kier alpha value is -2.72. The Balaban J connectivity index is 1.33. The van der Waals surface area contributed by atoms with Crippen LogP contribution in [0.5, 0.6) is 0 Å². The molecule has 3 aliphatic heterocycles. The van der Waals surface area contributed by atoms with Crippen LogP contribution in [0, 0.1) is 6.92 Å². The lowest BCUT2D eigenvalue weighted by atomic mass is 9.97. The third-order valence-electron chi connectivity index (χ3n) is 8.44. The topological polar surface area (TPSA) is 110 Å². The molecule has 3 fully saturated rings. The maximum absolute atomic E-state index is 13.7. The average Bonchev–Trinajstić information content (AvgIpc) is 2.98. The Labute approximate surface area is 245 Å². The zero-order chi connectivity index (χ0) is 29.4. The minimum absolute atomic E-state index is 0.0633. The van der Waals surface area contributed by atoms with E-state index in [9.17, 15) is 4.79 Å². The van der Waals surface area contributed by atoms with Crippen LogP contribution in [0.15, 0.2) is 52.8 Å². The highest BCUT2D eigenvalue weighted by Gasteiger charge is 2.31. The zero-order valence-electron chi connectivity index (χ0n) is 25.3. The van der Waals surface area contributed by atoms with Gasteiger partial charge in [0.1, 0.15) is 5.70 Å². The number of ether oxygens (including phenoxy) is 3. The number of aliphatic imine (C=N–C) groups is 1. The summed E-state index contributed by atoms with van der Waals surface area (Å²) in [5, 5.41) is 7.17. The van der Waals surface area contributed by atoms with Crippen LogP contribution >= 0.6 is 0 Å². The molecule has 0 bridgehead atoms. The van der Waals surface area contributed by atoms with Crippen molar-refractivity contribution in [3.8, 4) is 0 Å². The lowest BCUT2D eigenvalue weighted by molar-refractivity contribution is -0.128. The molecule has 3 saturated heterocycles. The van der Waals surface area contributed by atoms with Gasteiger partial charge in [0.05, 0.1) is 30.8 Å². The smallest absolute Gasteiger partial charge is 0.272 e. The van der Waals surface area contributed by atoms with Gasteiger partial charge in [-0.2, -0.15) is 0 Å². The first kappa shape index (κ1) is 31.2. The number of methoxy groups -OCH3 is 1. The maximum atomic E-state index is 13.7. The lowest BCUT2D eigenvalue weighted by Gasteiger charge is -2.38.